The van der Waals surface area contributed by atoms with Gasteiger partial charge in [-0.25, -0.2) is 0 Å². The number of aromatic nitrogens is 3. The Morgan fingerprint density at radius 2 is 1.78 bits per heavy atom. The van der Waals surface area contributed by atoms with Crippen molar-refractivity contribution in [1.29, 1.82) is 0 Å². The Morgan fingerprint density at radius 1 is 1.04 bits per heavy atom. The molecule has 0 aliphatic heterocycles. The number of carbonyl (C=O) groups excluding carboxylic acids is 1. The number of nitrogens with zero attached hydrogens (tertiary/aromatic N) is 3. The first kappa shape index (κ1) is 19.5. The number of ether oxygens (including phenoxy) is 1. The Labute approximate surface area is 167 Å². The molecule has 0 spiro atoms. The summed E-state index contributed by atoms with van der Waals surface area (Å²) in [5.74, 6) is 0.764. The lowest BCUT2D eigenvalue weighted by atomic mass is 10.2. The summed E-state index contributed by atoms with van der Waals surface area (Å²) in [6.07, 6.45) is 2.03. The van der Waals surface area contributed by atoms with Gasteiger partial charge in [-0.05, 0) is 36.4 Å². The third-order valence-electron chi connectivity index (χ3n) is 3.96. The highest BCUT2D eigenvalue weighted by Crippen LogP contribution is 2.19. The van der Waals surface area contributed by atoms with Crippen LogP contribution in [0.25, 0.3) is 0 Å². The number of rotatable bonds is 8. The number of hydrogen-bond donors (Lipinski definition) is 0. The van der Waals surface area contributed by atoms with Crippen molar-refractivity contribution in [3.8, 4) is 0 Å². The van der Waals surface area contributed by atoms with E-state index in [1.165, 1.54) is 22.2 Å². The molecule has 0 bridgehead atoms. The van der Waals surface area contributed by atoms with E-state index in [1.54, 1.807) is 11.8 Å². The third kappa shape index (κ3) is 5.61. The summed E-state index contributed by atoms with van der Waals surface area (Å²) in [6, 6.07) is 18.1. The Hall–Kier alpha value is -2.25. The van der Waals surface area contributed by atoms with Crippen molar-refractivity contribution in [3.05, 3.63) is 71.5 Å². The molecule has 0 aliphatic rings. The van der Waals surface area contributed by atoms with Gasteiger partial charge in [0, 0.05) is 4.90 Å². The minimum Gasteiger partial charge on any atom is -0.460 e. The van der Waals surface area contributed by atoms with Crippen LogP contribution in [0.2, 0.25) is 0 Å². The van der Waals surface area contributed by atoms with Gasteiger partial charge in [0.15, 0.2) is 5.16 Å². The van der Waals surface area contributed by atoms with Gasteiger partial charge < -0.3 is 9.30 Å². The number of hydrogen-bond acceptors (Lipinski definition) is 6. The molecule has 0 aliphatic carbocycles. The minimum atomic E-state index is -0.263. The molecule has 0 unspecified atom stereocenters. The van der Waals surface area contributed by atoms with E-state index < -0.39 is 0 Å². The summed E-state index contributed by atoms with van der Waals surface area (Å²) in [6.45, 7) is 2.87. The van der Waals surface area contributed by atoms with E-state index in [0.29, 0.717) is 6.54 Å². The molecule has 0 fully saturated rings. The zero-order valence-electron chi connectivity index (χ0n) is 15.3. The van der Waals surface area contributed by atoms with Crippen molar-refractivity contribution in [3.63, 3.8) is 0 Å². The molecule has 2 aromatic carbocycles. The minimum absolute atomic E-state index is 0.204. The summed E-state index contributed by atoms with van der Waals surface area (Å²) in [5, 5.41) is 9.05. The third-order valence-corrected chi connectivity index (χ3v) is 5.65. The summed E-state index contributed by atoms with van der Waals surface area (Å²) >= 11 is 3.03. The maximum Gasteiger partial charge on any atom is 0.316 e. The fourth-order valence-electron chi connectivity index (χ4n) is 2.47. The molecule has 0 amide bonds. The van der Waals surface area contributed by atoms with E-state index in [0.717, 1.165) is 16.5 Å². The molecule has 0 radical (unpaired) electrons. The predicted octanol–water partition coefficient (Wildman–Crippen LogP) is 4.19. The van der Waals surface area contributed by atoms with Crippen LogP contribution in [0.3, 0.4) is 0 Å². The number of thioether (sulfide) groups is 2. The largest absolute Gasteiger partial charge is 0.460 e. The number of esters is 1. The van der Waals surface area contributed by atoms with E-state index in [-0.39, 0.29) is 18.3 Å². The lowest BCUT2D eigenvalue weighted by molar-refractivity contribution is -0.141. The molecule has 3 aromatic rings. The first-order valence-electron chi connectivity index (χ1n) is 8.51. The lowest BCUT2D eigenvalue weighted by Crippen LogP contribution is -2.09. The van der Waals surface area contributed by atoms with Crippen molar-refractivity contribution >= 4 is 29.5 Å². The average molecular weight is 400 g/mol. The highest BCUT2D eigenvalue weighted by molar-refractivity contribution is 7.99. The number of benzene rings is 2. The van der Waals surface area contributed by atoms with Gasteiger partial charge in [0.1, 0.15) is 12.4 Å². The van der Waals surface area contributed by atoms with E-state index in [4.69, 9.17) is 4.74 Å². The van der Waals surface area contributed by atoms with Gasteiger partial charge >= 0.3 is 5.97 Å². The normalized spacial score (nSPS) is 10.7. The fourth-order valence-corrected chi connectivity index (χ4v) is 3.66. The van der Waals surface area contributed by atoms with Gasteiger partial charge in [-0.3, -0.25) is 4.79 Å². The van der Waals surface area contributed by atoms with Crippen molar-refractivity contribution in [2.45, 2.75) is 30.1 Å². The van der Waals surface area contributed by atoms with Gasteiger partial charge in [0.25, 0.3) is 0 Å². The maximum absolute atomic E-state index is 12.1. The summed E-state index contributed by atoms with van der Waals surface area (Å²) < 4.78 is 7.37. The van der Waals surface area contributed by atoms with Crippen molar-refractivity contribution in [2.75, 3.05) is 12.0 Å². The van der Waals surface area contributed by atoms with Crippen molar-refractivity contribution in [1.82, 2.24) is 14.8 Å². The zero-order chi connectivity index (χ0) is 19.1. The Morgan fingerprint density at radius 3 is 2.48 bits per heavy atom. The molecular weight excluding hydrogens is 378 g/mol. The molecule has 0 N–H and O–H groups in total. The van der Waals surface area contributed by atoms with Crippen LogP contribution in [0.1, 0.15) is 17.0 Å². The molecule has 0 atom stereocenters. The van der Waals surface area contributed by atoms with Crippen LogP contribution < -0.4 is 0 Å². The lowest BCUT2D eigenvalue weighted by Gasteiger charge is -2.09. The number of carbonyl (C=O) groups is 1. The van der Waals surface area contributed by atoms with Crippen LogP contribution in [-0.4, -0.2) is 32.7 Å². The summed E-state index contributed by atoms with van der Waals surface area (Å²) in [4.78, 5) is 13.3. The molecule has 0 saturated heterocycles. The Kier molecular flexibility index (Phi) is 6.95. The molecule has 1 aromatic heterocycles. The van der Waals surface area contributed by atoms with E-state index in [9.17, 15) is 4.79 Å². The predicted molar refractivity (Wildman–Crippen MR) is 109 cm³/mol. The highest BCUT2D eigenvalue weighted by atomic mass is 32.2. The zero-order valence-corrected chi connectivity index (χ0v) is 16.9. The second-order valence-corrected chi connectivity index (χ2v) is 7.72. The molecular formula is C20H21N3O2S2. The van der Waals surface area contributed by atoms with Crippen LogP contribution in [0, 0.1) is 6.92 Å². The first-order chi connectivity index (χ1) is 13.2. The van der Waals surface area contributed by atoms with Crippen molar-refractivity contribution in [2.24, 2.45) is 0 Å². The molecule has 1 heterocycles. The van der Waals surface area contributed by atoms with Crippen LogP contribution in [0.4, 0.5) is 0 Å². The highest BCUT2D eigenvalue weighted by Gasteiger charge is 2.13. The second-order valence-electron chi connectivity index (χ2n) is 5.90. The molecule has 27 heavy (non-hydrogen) atoms. The van der Waals surface area contributed by atoms with Gasteiger partial charge in [0.05, 0.1) is 12.3 Å². The molecule has 0 saturated carbocycles. The van der Waals surface area contributed by atoms with Crippen LogP contribution in [-0.2, 0) is 22.7 Å². The SMILES string of the molecule is CSc1ccc(COC(=O)CSc2nnc(C)n2Cc2ccccc2)cc1. The summed E-state index contributed by atoms with van der Waals surface area (Å²) in [7, 11) is 0. The fraction of sp³-hybridized carbons (Fsp3) is 0.250. The first-order valence-corrected chi connectivity index (χ1v) is 10.7. The topological polar surface area (TPSA) is 57.0 Å². The molecule has 140 valence electrons. The Balaban J connectivity index is 1.52. The Bertz CT molecular complexity index is 880. The van der Waals surface area contributed by atoms with Crippen LogP contribution in [0.5, 0.6) is 0 Å². The monoisotopic (exact) mass is 399 g/mol. The van der Waals surface area contributed by atoms with Crippen molar-refractivity contribution < 1.29 is 9.53 Å². The van der Waals surface area contributed by atoms with Gasteiger partial charge in [0.2, 0.25) is 0 Å². The average Bonchev–Trinajstić information content (AvgIpc) is 3.05. The number of aryl methyl sites for hydroxylation is 1. The smallest absolute Gasteiger partial charge is 0.316 e. The molecule has 7 heteroatoms. The molecule has 3 rings (SSSR count). The van der Waals surface area contributed by atoms with E-state index >= 15 is 0 Å². The van der Waals surface area contributed by atoms with Crippen LogP contribution >= 0.6 is 23.5 Å². The van der Waals surface area contributed by atoms with Gasteiger partial charge in [-0.1, -0.05) is 54.2 Å². The molecule has 5 nitrogen and oxygen atoms in total. The summed E-state index contributed by atoms with van der Waals surface area (Å²) in [5.41, 5.74) is 2.15. The second kappa shape index (κ2) is 9.62. The van der Waals surface area contributed by atoms with E-state index in [2.05, 4.69) is 22.3 Å². The maximum atomic E-state index is 12.1. The van der Waals surface area contributed by atoms with Gasteiger partial charge in [-0.2, -0.15) is 0 Å². The van der Waals surface area contributed by atoms with Crippen LogP contribution in [0.15, 0.2) is 64.6 Å². The standard InChI is InChI=1S/C20H21N3O2S2/c1-15-21-22-20(23(15)12-16-6-4-3-5-7-16)27-14-19(24)25-13-17-8-10-18(26-2)11-9-17/h3-11H,12-14H2,1-2H3. The van der Waals surface area contributed by atoms with Gasteiger partial charge in [-0.15, -0.1) is 22.0 Å². The quantitative estimate of drug-likeness (QED) is 0.418. The van der Waals surface area contributed by atoms with E-state index in [1.807, 2.05) is 60.2 Å².